The highest BCUT2D eigenvalue weighted by atomic mass is 19.2. The largest absolute Gasteiger partial charge is 0.465 e. The fourth-order valence-corrected chi connectivity index (χ4v) is 3.26. The molecule has 1 aliphatic heterocycles. The number of hydrogen-bond acceptors (Lipinski definition) is 4. The molecule has 0 atom stereocenters. The standard InChI is InChI=1S/C18H21F2N3O5/c19-13-9-12-10-16(17(25)21-1-3-22(4-2-21)18(26)27)23(5-7-28-8-6-24)15(12)11-14(13)20/h9-11,24H,1-8H2,(H,26,27). The molecule has 2 aromatic rings. The Kier molecular flexibility index (Phi) is 6.10. The monoisotopic (exact) mass is 397 g/mol. The summed E-state index contributed by atoms with van der Waals surface area (Å²) >= 11 is 0. The van der Waals surface area contributed by atoms with Crippen molar-refractivity contribution in [3.8, 4) is 0 Å². The van der Waals surface area contributed by atoms with E-state index in [1.807, 2.05) is 0 Å². The van der Waals surface area contributed by atoms with Gasteiger partial charge < -0.3 is 29.3 Å². The topological polar surface area (TPSA) is 95.2 Å². The first-order valence-corrected chi connectivity index (χ1v) is 8.86. The smallest absolute Gasteiger partial charge is 0.407 e. The second-order valence-electron chi connectivity index (χ2n) is 6.40. The van der Waals surface area contributed by atoms with Crippen molar-refractivity contribution in [1.82, 2.24) is 14.4 Å². The lowest BCUT2D eigenvalue weighted by atomic mass is 10.2. The molecule has 1 saturated heterocycles. The van der Waals surface area contributed by atoms with Crippen LogP contribution < -0.4 is 0 Å². The molecule has 0 spiro atoms. The lowest BCUT2D eigenvalue weighted by molar-refractivity contribution is 0.0607. The van der Waals surface area contributed by atoms with E-state index >= 15 is 0 Å². The second kappa shape index (κ2) is 8.53. The number of aromatic nitrogens is 1. The van der Waals surface area contributed by atoms with Crippen LogP contribution in [0.1, 0.15) is 10.5 Å². The zero-order valence-electron chi connectivity index (χ0n) is 15.1. The van der Waals surface area contributed by atoms with Gasteiger partial charge in [-0.2, -0.15) is 0 Å². The molecule has 0 aliphatic carbocycles. The molecule has 0 radical (unpaired) electrons. The van der Waals surface area contributed by atoms with E-state index < -0.39 is 17.7 Å². The maximum Gasteiger partial charge on any atom is 0.407 e. The van der Waals surface area contributed by atoms with Crippen molar-refractivity contribution in [3.63, 3.8) is 0 Å². The van der Waals surface area contributed by atoms with E-state index in [0.717, 1.165) is 12.1 Å². The highest BCUT2D eigenvalue weighted by Crippen LogP contribution is 2.24. The number of aliphatic hydroxyl groups is 1. The summed E-state index contributed by atoms with van der Waals surface area (Å²) in [6.45, 7) is 1.23. The van der Waals surface area contributed by atoms with Gasteiger partial charge in [-0.15, -0.1) is 0 Å². The van der Waals surface area contributed by atoms with Crippen molar-refractivity contribution in [2.75, 3.05) is 46.0 Å². The number of benzene rings is 1. The summed E-state index contributed by atoms with van der Waals surface area (Å²) in [5.74, 6) is -2.36. The Morgan fingerprint density at radius 2 is 1.64 bits per heavy atom. The molecule has 10 heteroatoms. The number of aliphatic hydroxyl groups excluding tert-OH is 1. The third-order valence-corrected chi connectivity index (χ3v) is 4.69. The normalized spacial score (nSPS) is 14.7. The van der Waals surface area contributed by atoms with Crippen LogP contribution in [0.5, 0.6) is 0 Å². The number of rotatable bonds is 6. The average Bonchev–Trinajstić information content (AvgIpc) is 3.02. The molecule has 0 saturated carbocycles. The van der Waals surface area contributed by atoms with Crippen LogP contribution in [0.3, 0.4) is 0 Å². The molecule has 2 heterocycles. The molecule has 2 amide bonds. The number of carbonyl (C=O) groups excluding carboxylic acids is 1. The van der Waals surface area contributed by atoms with E-state index in [1.165, 1.54) is 15.9 Å². The lowest BCUT2D eigenvalue weighted by Gasteiger charge is -2.33. The van der Waals surface area contributed by atoms with Gasteiger partial charge in [0.1, 0.15) is 5.69 Å². The second-order valence-corrected chi connectivity index (χ2v) is 6.40. The third-order valence-electron chi connectivity index (χ3n) is 4.69. The van der Waals surface area contributed by atoms with Crippen LogP contribution in [0, 0.1) is 11.6 Å². The number of nitrogens with zero attached hydrogens (tertiary/aromatic N) is 3. The van der Waals surface area contributed by atoms with Crippen molar-refractivity contribution in [2.24, 2.45) is 0 Å². The summed E-state index contributed by atoms with van der Waals surface area (Å²) in [5, 5.41) is 18.2. The molecule has 8 nitrogen and oxygen atoms in total. The van der Waals surface area contributed by atoms with Gasteiger partial charge in [0.05, 0.1) is 25.3 Å². The van der Waals surface area contributed by atoms with Crippen LogP contribution in [-0.2, 0) is 11.3 Å². The lowest BCUT2D eigenvalue weighted by Crippen LogP contribution is -2.50. The highest BCUT2D eigenvalue weighted by molar-refractivity contribution is 5.99. The van der Waals surface area contributed by atoms with Gasteiger partial charge in [0.15, 0.2) is 11.6 Å². The predicted molar refractivity (Wildman–Crippen MR) is 95.3 cm³/mol. The fraction of sp³-hybridized carbons (Fsp3) is 0.444. The zero-order chi connectivity index (χ0) is 20.3. The fourth-order valence-electron chi connectivity index (χ4n) is 3.26. The molecule has 2 N–H and O–H groups in total. The summed E-state index contributed by atoms with van der Waals surface area (Å²) in [6, 6.07) is 3.57. The van der Waals surface area contributed by atoms with E-state index in [2.05, 4.69) is 0 Å². The van der Waals surface area contributed by atoms with Crippen LogP contribution >= 0.6 is 0 Å². The number of amides is 2. The van der Waals surface area contributed by atoms with Gasteiger partial charge in [-0.25, -0.2) is 13.6 Å². The van der Waals surface area contributed by atoms with Gasteiger partial charge in [0, 0.05) is 44.2 Å². The Morgan fingerprint density at radius 3 is 2.29 bits per heavy atom. The first-order chi connectivity index (χ1) is 13.4. The van der Waals surface area contributed by atoms with Crippen molar-refractivity contribution < 1.29 is 33.3 Å². The third kappa shape index (κ3) is 4.07. The van der Waals surface area contributed by atoms with Crippen molar-refractivity contribution in [2.45, 2.75) is 6.54 Å². The number of ether oxygens (including phenoxy) is 1. The Balaban J connectivity index is 1.88. The molecule has 1 aromatic heterocycles. The van der Waals surface area contributed by atoms with Crippen molar-refractivity contribution in [3.05, 3.63) is 35.5 Å². The van der Waals surface area contributed by atoms with E-state index in [1.54, 1.807) is 4.57 Å². The number of halogens is 2. The van der Waals surface area contributed by atoms with Gasteiger partial charge in [-0.05, 0) is 12.1 Å². The highest BCUT2D eigenvalue weighted by Gasteiger charge is 2.27. The number of piperazine rings is 1. The Hall–Kier alpha value is -2.72. The molecule has 1 aromatic carbocycles. The summed E-state index contributed by atoms with van der Waals surface area (Å²) in [6.07, 6.45) is -1.03. The van der Waals surface area contributed by atoms with Gasteiger partial charge in [0.25, 0.3) is 5.91 Å². The number of carboxylic acid groups (broad SMARTS) is 1. The van der Waals surface area contributed by atoms with Gasteiger partial charge in [-0.1, -0.05) is 0 Å². The maximum atomic E-state index is 13.7. The van der Waals surface area contributed by atoms with E-state index in [-0.39, 0.29) is 64.1 Å². The quantitative estimate of drug-likeness (QED) is 0.718. The molecular formula is C18H21F2N3O5. The Morgan fingerprint density at radius 1 is 1.00 bits per heavy atom. The molecule has 28 heavy (non-hydrogen) atoms. The molecule has 0 unspecified atom stereocenters. The van der Waals surface area contributed by atoms with E-state index in [4.69, 9.17) is 14.9 Å². The van der Waals surface area contributed by atoms with Crippen molar-refractivity contribution in [1.29, 1.82) is 0 Å². The Labute approximate surface area is 159 Å². The van der Waals surface area contributed by atoms with Crippen LogP contribution in [0.15, 0.2) is 18.2 Å². The summed E-state index contributed by atoms with van der Waals surface area (Å²) in [5.41, 5.74) is 0.607. The predicted octanol–water partition coefficient (Wildman–Crippen LogP) is 1.36. The first kappa shape index (κ1) is 20.0. The van der Waals surface area contributed by atoms with Crippen molar-refractivity contribution >= 4 is 22.9 Å². The molecule has 3 rings (SSSR count). The Bertz CT molecular complexity index is 878. The van der Waals surface area contributed by atoms with Crippen LogP contribution in [0.4, 0.5) is 13.6 Å². The summed E-state index contributed by atoms with van der Waals surface area (Å²) in [4.78, 5) is 26.8. The number of fused-ring (bicyclic) bond motifs is 1. The van der Waals surface area contributed by atoms with E-state index in [9.17, 15) is 18.4 Å². The SMILES string of the molecule is O=C(O)N1CCN(C(=O)c2cc3cc(F)c(F)cc3n2CCOCCO)CC1. The molecular weight excluding hydrogens is 376 g/mol. The summed E-state index contributed by atoms with van der Waals surface area (Å²) in [7, 11) is 0. The maximum absolute atomic E-state index is 13.7. The summed E-state index contributed by atoms with van der Waals surface area (Å²) < 4.78 is 34.2. The van der Waals surface area contributed by atoms with E-state index in [0.29, 0.717) is 10.9 Å². The molecule has 152 valence electrons. The average molecular weight is 397 g/mol. The number of carbonyl (C=O) groups is 2. The van der Waals surface area contributed by atoms with Gasteiger partial charge in [0.2, 0.25) is 0 Å². The van der Waals surface area contributed by atoms with Crippen LogP contribution in [0.25, 0.3) is 10.9 Å². The van der Waals surface area contributed by atoms with Crippen LogP contribution in [-0.4, -0.2) is 82.6 Å². The minimum absolute atomic E-state index is 0.128. The molecule has 1 fully saturated rings. The minimum atomic E-state index is -1.03. The number of hydrogen-bond donors (Lipinski definition) is 2. The minimum Gasteiger partial charge on any atom is -0.465 e. The van der Waals surface area contributed by atoms with Gasteiger partial charge in [-0.3, -0.25) is 4.79 Å². The molecule has 1 aliphatic rings. The van der Waals surface area contributed by atoms with Gasteiger partial charge >= 0.3 is 6.09 Å². The first-order valence-electron chi connectivity index (χ1n) is 8.86. The zero-order valence-corrected chi connectivity index (χ0v) is 15.1. The van der Waals surface area contributed by atoms with Crippen LogP contribution in [0.2, 0.25) is 0 Å². The molecule has 0 bridgehead atoms.